The van der Waals surface area contributed by atoms with Crippen LogP contribution in [0.4, 0.5) is 0 Å². The fourth-order valence-corrected chi connectivity index (χ4v) is 18.7. The molecule has 0 spiro atoms. The second-order valence-electron chi connectivity index (χ2n) is 5.43. The Hall–Kier alpha value is 0.531. The third kappa shape index (κ3) is 3.24. The molecule has 1 fully saturated rings. The Kier molecular flexibility index (Phi) is 3.70. The van der Waals surface area contributed by atoms with Crippen LogP contribution in [0.25, 0.3) is 0 Å². The van der Waals surface area contributed by atoms with E-state index in [2.05, 4.69) is 46.6 Å². The van der Waals surface area contributed by atoms with Crippen molar-refractivity contribution in [3.8, 4) is 0 Å². The minimum atomic E-state index is -2.01. The highest BCUT2D eigenvalue weighted by molar-refractivity contribution is 6.93. The summed E-state index contributed by atoms with van der Waals surface area (Å²) in [6, 6.07) is 0. The van der Waals surface area contributed by atoms with Crippen LogP contribution in [0.3, 0.4) is 0 Å². The first-order valence-electron chi connectivity index (χ1n) is 5.71. The molecule has 1 saturated heterocycles. The molecular weight excluding hydrogens is 240 g/mol. The van der Waals surface area contributed by atoms with Crippen LogP contribution in [0.5, 0.6) is 0 Å². The molecule has 6 heteroatoms. The van der Waals surface area contributed by atoms with Gasteiger partial charge in [0.15, 0.2) is 0 Å². The van der Waals surface area contributed by atoms with Gasteiger partial charge in [0, 0.05) is 0 Å². The summed E-state index contributed by atoms with van der Waals surface area (Å²) in [5, 5.41) is 0. The normalized spacial score (nSPS) is 29.8. The number of hydrogen-bond donors (Lipinski definition) is 0. The lowest BCUT2D eigenvalue weighted by Gasteiger charge is -2.49. The summed E-state index contributed by atoms with van der Waals surface area (Å²) < 4.78 is 18.5. The predicted octanol–water partition coefficient (Wildman–Crippen LogP) is 3.33. The molecule has 0 aliphatic carbocycles. The maximum absolute atomic E-state index is 6.22. The first kappa shape index (κ1) is 13.6. The van der Waals surface area contributed by atoms with Crippen molar-refractivity contribution in [2.75, 3.05) is 0 Å². The third-order valence-corrected chi connectivity index (χ3v) is 16.2. The molecular formula is C9H24O3Si3. The van der Waals surface area contributed by atoms with Gasteiger partial charge in [0.1, 0.15) is 0 Å². The third-order valence-electron chi connectivity index (χ3n) is 2.90. The molecule has 0 amide bonds. The van der Waals surface area contributed by atoms with E-state index in [0.717, 1.165) is 6.42 Å². The fraction of sp³-hybridized carbons (Fsp3) is 1.00. The summed E-state index contributed by atoms with van der Waals surface area (Å²) in [5.41, 5.74) is 0.542. The minimum Gasteiger partial charge on any atom is -0.416 e. The highest BCUT2D eigenvalue weighted by Crippen LogP contribution is 2.37. The Balaban J connectivity index is 2.92. The zero-order chi connectivity index (χ0) is 11.9. The van der Waals surface area contributed by atoms with Crippen molar-refractivity contribution in [2.45, 2.75) is 58.5 Å². The van der Waals surface area contributed by atoms with E-state index in [1.54, 1.807) is 0 Å². The molecule has 1 aliphatic heterocycles. The highest BCUT2D eigenvalue weighted by atomic mass is 28.5. The monoisotopic (exact) mass is 264 g/mol. The van der Waals surface area contributed by atoms with Crippen LogP contribution in [0.15, 0.2) is 0 Å². The fourth-order valence-electron chi connectivity index (χ4n) is 2.20. The first-order chi connectivity index (χ1) is 6.60. The van der Waals surface area contributed by atoms with Crippen molar-refractivity contribution >= 4 is 25.7 Å². The molecule has 3 nitrogen and oxygen atoms in total. The summed E-state index contributed by atoms with van der Waals surface area (Å²) in [5.74, 6) is 0. The zero-order valence-corrected chi connectivity index (χ0v) is 14.0. The van der Waals surface area contributed by atoms with Crippen LogP contribution >= 0.6 is 0 Å². The average Bonchev–Trinajstić information content (AvgIpc) is 1.95. The lowest BCUT2D eigenvalue weighted by molar-refractivity contribution is 0.224. The van der Waals surface area contributed by atoms with Gasteiger partial charge in [-0.1, -0.05) is 20.3 Å². The van der Waals surface area contributed by atoms with Gasteiger partial charge in [-0.2, -0.15) is 0 Å². The van der Waals surface area contributed by atoms with E-state index in [9.17, 15) is 0 Å². The lowest BCUT2D eigenvalue weighted by atomic mass is 10.4. The van der Waals surface area contributed by atoms with Crippen LogP contribution in [0.2, 0.25) is 38.3 Å². The predicted molar refractivity (Wildman–Crippen MR) is 69.6 cm³/mol. The molecule has 0 bridgehead atoms. The number of rotatable bonds is 2. The molecule has 0 radical (unpaired) electrons. The van der Waals surface area contributed by atoms with Crippen molar-refractivity contribution in [3.63, 3.8) is 0 Å². The van der Waals surface area contributed by atoms with E-state index < -0.39 is 25.7 Å². The molecule has 1 atom stereocenters. The van der Waals surface area contributed by atoms with E-state index in [4.69, 9.17) is 12.3 Å². The van der Waals surface area contributed by atoms with Gasteiger partial charge in [-0.3, -0.25) is 0 Å². The van der Waals surface area contributed by atoms with Gasteiger partial charge in [0.2, 0.25) is 0 Å². The van der Waals surface area contributed by atoms with Crippen LogP contribution < -0.4 is 0 Å². The van der Waals surface area contributed by atoms with E-state index >= 15 is 0 Å². The molecule has 1 aliphatic rings. The molecule has 1 unspecified atom stereocenters. The van der Waals surface area contributed by atoms with Crippen molar-refractivity contribution in [2.24, 2.45) is 0 Å². The van der Waals surface area contributed by atoms with E-state index in [1.165, 1.54) is 0 Å². The molecule has 0 aromatic rings. The minimum absolute atomic E-state index is 0.542. The van der Waals surface area contributed by atoms with Crippen molar-refractivity contribution in [3.05, 3.63) is 0 Å². The Bertz CT molecular complexity index is 227. The van der Waals surface area contributed by atoms with Crippen molar-refractivity contribution < 1.29 is 12.3 Å². The van der Waals surface area contributed by atoms with Crippen molar-refractivity contribution in [1.29, 1.82) is 0 Å². The Labute approximate surface area is 96.9 Å². The van der Waals surface area contributed by atoms with E-state index in [1.807, 2.05) is 0 Å². The second-order valence-corrected chi connectivity index (χ2v) is 16.5. The highest BCUT2D eigenvalue weighted by Gasteiger charge is 2.54. The maximum atomic E-state index is 6.22. The molecule has 1 heterocycles. The molecule has 1 rings (SSSR count). The largest absolute Gasteiger partial charge is 0.416 e. The van der Waals surface area contributed by atoms with E-state index in [0.29, 0.717) is 5.54 Å². The van der Waals surface area contributed by atoms with Gasteiger partial charge in [-0.25, -0.2) is 0 Å². The van der Waals surface area contributed by atoms with Crippen LogP contribution in [-0.2, 0) is 12.3 Å². The Morgan fingerprint density at radius 3 is 1.60 bits per heavy atom. The summed E-state index contributed by atoms with van der Waals surface area (Å²) in [7, 11) is -5.90. The Morgan fingerprint density at radius 1 is 0.867 bits per heavy atom. The summed E-state index contributed by atoms with van der Waals surface area (Å²) in [6.07, 6.45) is 1.12. The molecule has 90 valence electrons. The van der Waals surface area contributed by atoms with Gasteiger partial charge in [0.05, 0.1) is 0 Å². The van der Waals surface area contributed by atoms with Crippen molar-refractivity contribution in [1.82, 2.24) is 0 Å². The molecule has 15 heavy (non-hydrogen) atoms. The Morgan fingerprint density at radius 2 is 1.27 bits per heavy atom. The van der Waals surface area contributed by atoms with Crippen LogP contribution in [0.1, 0.15) is 20.3 Å². The van der Waals surface area contributed by atoms with Crippen LogP contribution in [0, 0.1) is 0 Å². The molecule has 0 N–H and O–H groups in total. The second kappa shape index (κ2) is 4.08. The maximum Gasteiger partial charge on any atom is 0.320 e. The van der Waals surface area contributed by atoms with Gasteiger partial charge in [-0.15, -0.1) is 0 Å². The summed E-state index contributed by atoms with van der Waals surface area (Å²) >= 11 is 0. The SMILES string of the molecule is CCC(C)[Si]1(C)O[Si](C)(C)O[Si](C)(C)O1. The standard InChI is InChI=1S/C9H24O3Si3/c1-8-9(2)15(7)11-13(3,4)10-14(5,6)12-15/h9H,8H2,1-7H3. The smallest absolute Gasteiger partial charge is 0.320 e. The summed E-state index contributed by atoms with van der Waals surface area (Å²) in [4.78, 5) is 0. The molecule has 0 aromatic carbocycles. The summed E-state index contributed by atoms with van der Waals surface area (Å²) in [6.45, 7) is 15.2. The first-order valence-corrected chi connectivity index (χ1v) is 13.7. The van der Waals surface area contributed by atoms with Gasteiger partial charge < -0.3 is 12.3 Å². The van der Waals surface area contributed by atoms with Gasteiger partial charge in [-0.05, 0) is 38.3 Å². The topological polar surface area (TPSA) is 27.7 Å². The zero-order valence-electron chi connectivity index (χ0n) is 11.0. The lowest BCUT2D eigenvalue weighted by Crippen LogP contribution is -2.66. The number of hydrogen-bond acceptors (Lipinski definition) is 3. The quantitative estimate of drug-likeness (QED) is 0.716. The van der Waals surface area contributed by atoms with E-state index in [-0.39, 0.29) is 0 Å². The molecule has 0 saturated carbocycles. The van der Waals surface area contributed by atoms with Gasteiger partial charge in [0.25, 0.3) is 0 Å². The molecule has 0 aromatic heterocycles. The average molecular weight is 265 g/mol. The van der Waals surface area contributed by atoms with Gasteiger partial charge >= 0.3 is 25.7 Å². The van der Waals surface area contributed by atoms with Crippen LogP contribution in [-0.4, -0.2) is 25.7 Å².